The number of hydrogen-bond acceptors (Lipinski definition) is 2. The Hall–Kier alpha value is -2.55. The lowest BCUT2D eigenvalue weighted by Crippen LogP contribution is -2.15. The summed E-state index contributed by atoms with van der Waals surface area (Å²) in [7, 11) is 0. The first kappa shape index (κ1) is 12.5. The molecule has 2 aromatic rings. The van der Waals surface area contributed by atoms with Gasteiger partial charge in [-0.05, 0) is 43.2 Å². The molecule has 1 heterocycles. The van der Waals surface area contributed by atoms with E-state index in [9.17, 15) is 4.79 Å². The van der Waals surface area contributed by atoms with Crippen molar-refractivity contribution in [3.05, 3.63) is 71.4 Å². The van der Waals surface area contributed by atoms with Gasteiger partial charge in [0.05, 0.1) is 5.56 Å². The number of nitrogens with zero attached hydrogens (tertiary/aromatic N) is 1. The number of anilines is 2. The number of carboxylic acid groups (broad SMARTS) is 1. The maximum absolute atomic E-state index is 11.1. The number of aromatic carboxylic acids is 1. The summed E-state index contributed by atoms with van der Waals surface area (Å²) < 4.78 is 0. The predicted molar refractivity (Wildman–Crippen MR) is 79.6 cm³/mol. The van der Waals surface area contributed by atoms with Crippen molar-refractivity contribution in [2.24, 2.45) is 0 Å². The van der Waals surface area contributed by atoms with Crippen LogP contribution in [-0.4, -0.2) is 11.1 Å². The van der Waals surface area contributed by atoms with E-state index >= 15 is 0 Å². The van der Waals surface area contributed by atoms with E-state index in [4.69, 9.17) is 5.11 Å². The summed E-state index contributed by atoms with van der Waals surface area (Å²) in [6, 6.07) is 13.5. The Morgan fingerprint density at radius 3 is 2.60 bits per heavy atom. The summed E-state index contributed by atoms with van der Waals surface area (Å²) in [6.07, 6.45) is 4.92. The van der Waals surface area contributed by atoms with Gasteiger partial charge in [-0.15, -0.1) is 0 Å². The molecule has 3 nitrogen and oxygen atoms in total. The minimum atomic E-state index is -0.897. The Bertz CT molecular complexity index is 687. The molecule has 0 amide bonds. The standard InChI is InChI=1S/C17H15NO2/c1-12-4-8-15(9-5-12)18-10-2-3-13-6-7-14(17(19)20)11-16(13)18/h2,4-11H,3H2,1H3,(H,19,20). The second-order valence-electron chi connectivity index (χ2n) is 4.94. The molecule has 0 saturated heterocycles. The number of fused-ring (bicyclic) bond motifs is 1. The summed E-state index contributed by atoms with van der Waals surface area (Å²) >= 11 is 0. The molecule has 100 valence electrons. The van der Waals surface area contributed by atoms with E-state index in [0.717, 1.165) is 23.4 Å². The number of carbonyl (C=O) groups is 1. The largest absolute Gasteiger partial charge is 0.478 e. The number of benzene rings is 2. The van der Waals surface area contributed by atoms with Crippen molar-refractivity contribution in [3.8, 4) is 0 Å². The lowest BCUT2D eigenvalue weighted by atomic mass is 10.0. The van der Waals surface area contributed by atoms with Gasteiger partial charge in [0.2, 0.25) is 0 Å². The predicted octanol–water partition coefficient (Wildman–Crippen LogP) is 3.90. The van der Waals surface area contributed by atoms with Gasteiger partial charge < -0.3 is 10.0 Å². The molecular weight excluding hydrogens is 250 g/mol. The Kier molecular flexibility index (Phi) is 3.03. The van der Waals surface area contributed by atoms with Crippen LogP contribution < -0.4 is 4.90 Å². The fraction of sp³-hybridized carbons (Fsp3) is 0.118. The zero-order chi connectivity index (χ0) is 14.1. The van der Waals surface area contributed by atoms with Gasteiger partial charge in [-0.2, -0.15) is 0 Å². The lowest BCUT2D eigenvalue weighted by Gasteiger charge is -2.27. The molecule has 20 heavy (non-hydrogen) atoms. The Morgan fingerprint density at radius 2 is 1.90 bits per heavy atom. The Balaban J connectivity index is 2.08. The van der Waals surface area contributed by atoms with Crippen molar-refractivity contribution in [1.82, 2.24) is 0 Å². The summed E-state index contributed by atoms with van der Waals surface area (Å²) in [4.78, 5) is 13.2. The first-order chi connectivity index (χ1) is 9.65. The average Bonchev–Trinajstić information content (AvgIpc) is 2.47. The fourth-order valence-corrected chi connectivity index (χ4v) is 2.39. The van der Waals surface area contributed by atoms with Crippen molar-refractivity contribution in [3.63, 3.8) is 0 Å². The van der Waals surface area contributed by atoms with Gasteiger partial charge >= 0.3 is 5.97 Å². The summed E-state index contributed by atoms with van der Waals surface area (Å²) in [5.41, 5.74) is 4.63. The molecule has 1 N–H and O–H groups in total. The molecule has 3 heteroatoms. The van der Waals surface area contributed by atoms with Crippen molar-refractivity contribution in [1.29, 1.82) is 0 Å². The number of aryl methyl sites for hydroxylation is 1. The Morgan fingerprint density at radius 1 is 1.15 bits per heavy atom. The van der Waals surface area contributed by atoms with Crippen molar-refractivity contribution in [2.45, 2.75) is 13.3 Å². The third-order valence-corrected chi connectivity index (χ3v) is 3.50. The van der Waals surface area contributed by atoms with Gasteiger partial charge in [0, 0.05) is 17.6 Å². The number of hydrogen-bond donors (Lipinski definition) is 1. The van der Waals surface area contributed by atoms with Crippen molar-refractivity contribution in [2.75, 3.05) is 4.90 Å². The van der Waals surface area contributed by atoms with E-state index in [1.54, 1.807) is 12.1 Å². The number of carboxylic acids is 1. The molecule has 0 atom stereocenters. The molecule has 2 aromatic carbocycles. The number of rotatable bonds is 2. The summed E-state index contributed by atoms with van der Waals surface area (Å²) in [5.74, 6) is -0.897. The molecular formula is C17H15NO2. The smallest absolute Gasteiger partial charge is 0.335 e. The number of allylic oxidation sites excluding steroid dienone is 1. The van der Waals surface area contributed by atoms with Gasteiger partial charge in [-0.3, -0.25) is 0 Å². The van der Waals surface area contributed by atoms with Crippen LogP contribution >= 0.6 is 0 Å². The van der Waals surface area contributed by atoms with Gasteiger partial charge in [0.15, 0.2) is 0 Å². The third kappa shape index (κ3) is 2.18. The average molecular weight is 265 g/mol. The quantitative estimate of drug-likeness (QED) is 0.895. The minimum Gasteiger partial charge on any atom is -0.478 e. The first-order valence-electron chi connectivity index (χ1n) is 6.54. The van der Waals surface area contributed by atoms with Gasteiger partial charge in [0.25, 0.3) is 0 Å². The highest BCUT2D eigenvalue weighted by Gasteiger charge is 2.16. The zero-order valence-electron chi connectivity index (χ0n) is 11.2. The molecule has 0 aliphatic carbocycles. The zero-order valence-corrected chi connectivity index (χ0v) is 11.2. The van der Waals surface area contributed by atoms with E-state index in [-0.39, 0.29) is 0 Å². The molecule has 1 aliphatic rings. The minimum absolute atomic E-state index is 0.316. The van der Waals surface area contributed by atoms with E-state index in [2.05, 4.69) is 18.2 Å². The molecule has 0 radical (unpaired) electrons. The normalized spacial score (nSPS) is 13.2. The van der Waals surface area contributed by atoms with Gasteiger partial charge in [-0.25, -0.2) is 4.79 Å². The van der Waals surface area contributed by atoms with Crippen LogP contribution in [0, 0.1) is 6.92 Å². The van der Waals surface area contributed by atoms with E-state index < -0.39 is 5.97 Å². The van der Waals surface area contributed by atoms with Crippen molar-refractivity contribution < 1.29 is 9.90 Å². The molecule has 3 rings (SSSR count). The van der Waals surface area contributed by atoms with Crippen LogP contribution in [0.2, 0.25) is 0 Å². The first-order valence-corrected chi connectivity index (χ1v) is 6.54. The molecule has 0 fully saturated rings. The summed E-state index contributed by atoms with van der Waals surface area (Å²) in [5, 5.41) is 9.14. The summed E-state index contributed by atoms with van der Waals surface area (Å²) in [6.45, 7) is 2.05. The molecule has 0 aromatic heterocycles. The van der Waals surface area contributed by atoms with E-state index in [1.807, 2.05) is 36.2 Å². The van der Waals surface area contributed by atoms with E-state index in [1.165, 1.54) is 5.56 Å². The molecule has 0 spiro atoms. The third-order valence-electron chi connectivity index (χ3n) is 3.50. The lowest BCUT2D eigenvalue weighted by molar-refractivity contribution is 0.0697. The van der Waals surface area contributed by atoms with Crippen molar-refractivity contribution >= 4 is 17.3 Å². The van der Waals surface area contributed by atoms with Gasteiger partial charge in [-0.1, -0.05) is 29.8 Å². The Labute approximate surface area is 117 Å². The monoisotopic (exact) mass is 265 g/mol. The topological polar surface area (TPSA) is 40.5 Å². The van der Waals surface area contributed by atoms with E-state index in [0.29, 0.717) is 5.56 Å². The van der Waals surface area contributed by atoms with Crippen LogP contribution in [0.25, 0.3) is 0 Å². The molecule has 1 aliphatic heterocycles. The highest BCUT2D eigenvalue weighted by atomic mass is 16.4. The van der Waals surface area contributed by atoms with Crippen LogP contribution in [0.3, 0.4) is 0 Å². The van der Waals surface area contributed by atoms with Crippen LogP contribution in [-0.2, 0) is 6.42 Å². The maximum atomic E-state index is 11.1. The molecule has 0 saturated carbocycles. The maximum Gasteiger partial charge on any atom is 0.335 e. The van der Waals surface area contributed by atoms with Crippen LogP contribution in [0.15, 0.2) is 54.7 Å². The molecule has 0 unspecified atom stereocenters. The van der Waals surface area contributed by atoms with Crippen LogP contribution in [0.5, 0.6) is 0 Å². The highest BCUT2D eigenvalue weighted by Crippen LogP contribution is 2.33. The SMILES string of the molecule is Cc1ccc(N2C=CCc3ccc(C(=O)O)cc32)cc1. The second kappa shape index (κ2) is 4.85. The fourth-order valence-electron chi connectivity index (χ4n) is 2.39. The van der Waals surface area contributed by atoms with Crippen LogP contribution in [0.4, 0.5) is 11.4 Å². The van der Waals surface area contributed by atoms with Crippen LogP contribution in [0.1, 0.15) is 21.5 Å². The highest BCUT2D eigenvalue weighted by molar-refractivity contribution is 5.90. The molecule has 0 bridgehead atoms. The second-order valence-corrected chi connectivity index (χ2v) is 4.94. The van der Waals surface area contributed by atoms with Gasteiger partial charge in [0.1, 0.15) is 0 Å².